The molecule has 3 heteroatoms. The van der Waals surface area contributed by atoms with Gasteiger partial charge < -0.3 is 10.6 Å². The molecule has 2 N–H and O–H groups in total. The van der Waals surface area contributed by atoms with E-state index in [1.807, 2.05) is 4.90 Å². The van der Waals surface area contributed by atoms with Gasteiger partial charge >= 0.3 is 0 Å². The SMILES string of the molecule is CCN(Cc1cccc(C)c1)C(=O)C1CCCC1CN. The Kier molecular flexibility index (Phi) is 5.18. The molecule has 20 heavy (non-hydrogen) atoms. The fourth-order valence-corrected chi connectivity index (χ4v) is 3.26. The lowest BCUT2D eigenvalue weighted by molar-refractivity contribution is -0.137. The molecular formula is C17H26N2O. The fraction of sp³-hybridized carbons (Fsp3) is 0.588. The minimum atomic E-state index is 0.143. The van der Waals surface area contributed by atoms with Crippen molar-refractivity contribution in [3.63, 3.8) is 0 Å². The average Bonchev–Trinajstić information content (AvgIpc) is 2.92. The van der Waals surface area contributed by atoms with E-state index < -0.39 is 0 Å². The summed E-state index contributed by atoms with van der Waals surface area (Å²) in [6.07, 6.45) is 3.25. The highest BCUT2D eigenvalue weighted by Crippen LogP contribution is 2.32. The molecule has 3 nitrogen and oxygen atoms in total. The second-order valence-corrected chi connectivity index (χ2v) is 5.87. The molecule has 1 aliphatic rings. The Morgan fingerprint density at radius 2 is 2.20 bits per heavy atom. The van der Waals surface area contributed by atoms with Crippen LogP contribution < -0.4 is 5.73 Å². The first kappa shape index (κ1) is 15.0. The van der Waals surface area contributed by atoms with E-state index in [-0.39, 0.29) is 5.92 Å². The minimum absolute atomic E-state index is 0.143. The normalized spacial score (nSPS) is 21.9. The van der Waals surface area contributed by atoms with E-state index in [2.05, 4.69) is 38.1 Å². The molecule has 1 aromatic rings. The number of benzene rings is 1. The van der Waals surface area contributed by atoms with E-state index in [0.717, 1.165) is 25.8 Å². The van der Waals surface area contributed by atoms with Crippen molar-refractivity contribution >= 4 is 5.91 Å². The van der Waals surface area contributed by atoms with E-state index in [1.165, 1.54) is 11.1 Å². The van der Waals surface area contributed by atoms with Crippen molar-refractivity contribution in [2.75, 3.05) is 13.1 Å². The van der Waals surface area contributed by atoms with Gasteiger partial charge in [0.1, 0.15) is 0 Å². The summed E-state index contributed by atoms with van der Waals surface area (Å²) >= 11 is 0. The standard InChI is InChI=1S/C17H26N2O/c1-3-19(12-14-7-4-6-13(2)10-14)17(20)16-9-5-8-15(16)11-18/h4,6-7,10,15-16H,3,5,8-9,11-12,18H2,1-2H3. The molecule has 0 heterocycles. The molecule has 0 spiro atoms. The first-order chi connectivity index (χ1) is 9.65. The van der Waals surface area contributed by atoms with E-state index in [9.17, 15) is 4.79 Å². The minimum Gasteiger partial charge on any atom is -0.338 e. The molecule has 1 saturated carbocycles. The Labute approximate surface area is 122 Å². The van der Waals surface area contributed by atoms with Crippen LogP contribution in [0.25, 0.3) is 0 Å². The van der Waals surface area contributed by atoms with Crippen LogP contribution in [0.5, 0.6) is 0 Å². The van der Waals surface area contributed by atoms with Crippen LogP contribution in [0, 0.1) is 18.8 Å². The lowest BCUT2D eigenvalue weighted by atomic mass is 9.94. The monoisotopic (exact) mass is 274 g/mol. The van der Waals surface area contributed by atoms with Gasteiger partial charge in [-0.3, -0.25) is 4.79 Å². The van der Waals surface area contributed by atoms with Crippen LogP contribution in [0.3, 0.4) is 0 Å². The van der Waals surface area contributed by atoms with Gasteiger partial charge in [0.25, 0.3) is 0 Å². The zero-order valence-electron chi connectivity index (χ0n) is 12.6. The van der Waals surface area contributed by atoms with E-state index in [0.29, 0.717) is 24.9 Å². The second kappa shape index (κ2) is 6.89. The molecule has 0 bridgehead atoms. The predicted molar refractivity (Wildman–Crippen MR) is 82.2 cm³/mol. The van der Waals surface area contributed by atoms with E-state index >= 15 is 0 Å². The third-order valence-electron chi connectivity index (χ3n) is 4.43. The molecule has 0 radical (unpaired) electrons. The van der Waals surface area contributed by atoms with Gasteiger partial charge in [0.05, 0.1) is 0 Å². The van der Waals surface area contributed by atoms with Crippen molar-refractivity contribution in [1.82, 2.24) is 4.90 Å². The maximum Gasteiger partial charge on any atom is 0.226 e. The number of amides is 1. The molecule has 2 atom stereocenters. The Morgan fingerprint density at radius 3 is 2.85 bits per heavy atom. The maximum absolute atomic E-state index is 12.7. The van der Waals surface area contributed by atoms with Gasteiger partial charge in [0, 0.05) is 19.0 Å². The first-order valence-corrected chi connectivity index (χ1v) is 7.70. The van der Waals surface area contributed by atoms with Gasteiger partial charge in [-0.05, 0) is 44.7 Å². The molecule has 2 rings (SSSR count). The zero-order chi connectivity index (χ0) is 14.5. The van der Waals surface area contributed by atoms with Crippen LogP contribution in [0.4, 0.5) is 0 Å². The third kappa shape index (κ3) is 3.40. The quantitative estimate of drug-likeness (QED) is 0.897. The number of nitrogens with zero attached hydrogens (tertiary/aromatic N) is 1. The summed E-state index contributed by atoms with van der Waals surface area (Å²) in [4.78, 5) is 14.7. The van der Waals surface area contributed by atoms with Crippen LogP contribution in [-0.2, 0) is 11.3 Å². The number of hydrogen-bond acceptors (Lipinski definition) is 2. The molecule has 1 aliphatic carbocycles. The van der Waals surface area contributed by atoms with Crippen molar-refractivity contribution in [3.05, 3.63) is 35.4 Å². The summed E-state index contributed by atoms with van der Waals surface area (Å²) in [5.41, 5.74) is 8.26. The number of hydrogen-bond donors (Lipinski definition) is 1. The van der Waals surface area contributed by atoms with Crippen LogP contribution in [0.1, 0.15) is 37.3 Å². The van der Waals surface area contributed by atoms with E-state index in [4.69, 9.17) is 5.73 Å². The molecule has 0 saturated heterocycles. The average molecular weight is 274 g/mol. The predicted octanol–water partition coefficient (Wildman–Crippen LogP) is 2.72. The molecule has 110 valence electrons. The number of carbonyl (C=O) groups is 1. The number of carbonyl (C=O) groups excluding carboxylic acids is 1. The highest BCUT2D eigenvalue weighted by molar-refractivity contribution is 5.79. The molecule has 2 unspecified atom stereocenters. The molecule has 0 aromatic heterocycles. The molecule has 1 fully saturated rings. The molecule has 1 amide bonds. The number of aryl methyl sites for hydroxylation is 1. The summed E-state index contributed by atoms with van der Waals surface area (Å²) in [5.74, 6) is 0.820. The number of nitrogens with two attached hydrogens (primary N) is 1. The van der Waals surface area contributed by atoms with Gasteiger partial charge in [-0.15, -0.1) is 0 Å². The van der Waals surface area contributed by atoms with Crippen LogP contribution in [0.15, 0.2) is 24.3 Å². The van der Waals surface area contributed by atoms with Gasteiger partial charge in [-0.25, -0.2) is 0 Å². The Morgan fingerprint density at radius 1 is 1.40 bits per heavy atom. The summed E-state index contributed by atoms with van der Waals surface area (Å²) in [7, 11) is 0. The Bertz CT molecular complexity index is 458. The summed E-state index contributed by atoms with van der Waals surface area (Å²) in [6, 6.07) is 8.40. The van der Waals surface area contributed by atoms with Gasteiger partial charge in [-0.2, -0.15) is 0 Å². The summed E-state index contributed by atoms with van der Waals surface area (Å²) < 4.78 is 0. The van der Waals surface area contributed by atoms with Crippen molar-refractivity contribution in [1.29, 1.82) is 0 Å². The Balaban J connectivity index is 2.06. The Hall–Kier alpha value is -1.35. The summed E-state index contributed by atoms with van der Waals surface area (Å²) in [6.45, 7) is 6.26. The van der Waals surface area contributed by atoms with Crippen LogP contribution >= 0.6 is 0 Å². The second-order valence-electron chi connectivity index (χ2n) is 5.87. The first-order valence-electron chi connectivity index (χ1n) is 7.70. The molecular weight excluding hydrogens is 248 g/mol. The van der Waals surface area contributed by atoms with Gasteiger partial charge in [0.2, 0.25) is 5.91 Å². The largest absolute Gasteiger partial charge is 0.338 e. The van der Waals surface area contributed by atoms with E-state index in [1.54, 1.807) is 0 Å². The third-order valence-corrected chi connectivity index (χ3v) is 4.43. The van der Waals surface area contributed by atoms with Crippen molar-refractivity contribution in [3.8, 4) is 0 Å². The van der Waals surface area contributed by atoms with Gasteiger partial charge in [-0.1, -0.05) is 36.2 Å². The zero-order valence-corrected chi connectivity index (χ0v) is 12.6. The lowest BCUT2D eigenvalue weighted by Gasteiger charge is -2.27. The van der Waals surface area contributed by atoms with Crippen molar-refractivity contribution in [2.45, 2.75) is 39.7 Å². The van der Waals surface area contributed by atoms with Crippen molar-refractivity contribution in [2.24, 2.45) is 17.6 Å². The molecule has 1 aromatic carbocycles. The maximum atomic E-state index is 12.7. The van der Waals surface area contributed by atoms with Gasteiger partial charge in [0.15, 0.2) is 0 Å². The molecule has 0 aliphatic heterocycles. The smallest absolute Gasteiger partial charge is 0.226 e. The fourth-order valence-electron chi connectivity index (χ4n) is 3.26. The highest BCUT2D eigenvalue weighted by atomic mass is 16.2. The van der Waals surface area contributed by atoms with Crippen molar-refractivity contribution < 1.29 is 4.79 Å². The summed E-state index contributed by atoms with van der Waals surface area (Å²) in [5, 5.41) is 0. The topological polar surface area (TPSA) is 46.3 Å². The van der Waals surface area contributed by atoms with Crippen LogP contribution in [0.2, 0.25) is 0 Å². The van der Waals surface area contributed by atoms with Crippen LogP contribution in [-0.4, -0.2) is 23.9 Å². The lowest BCUT2D eigenvalue weighted by Crippen LogP contribution is -2.38. The number of rotatable bonds is 5. The highest BCUT2D eigenvalue weighted by Gasteiger charge is 2.34.